The Kier molecular flexibility index (Phi) is 7.00. The minimum absolute atomic E-state index is 0.00707. The number of methoxy groups -OCH3 is 2. The molecule has 0 bridgehead atoms. The van der Waals surface area contributed by atoms with E-state index in [0.717, 1.165) is 0 Å². The van der Waals surface area contributed by atoms with Gasteiger partial charge in [-0.15, -0.1) is 0 Å². The first-order valence-electron chi connectivity index (χ1n) is 8.35. The second-order valence-electron chi connectivity index (χ2n) is 5.97. The highest BCUT2D eigenvalue weighted by molar-refractivity contribution is 6.09. The lowest BCUT2D eigenvalue weighted by molar-refractivity contribution is -0.121. The molecule has 0 radical (unpaired) electrons. The molecule has 6 nitrogen and oxygen atoms in total. The molecule has 1 aliphatic carbocycles. The van der Waals surface area contributed by atoms with Gasteiger partial charge in [-0.3, -0.25) is 9.59 Å². The number of ketones is 2. The SMILES string of the molecule is COC1=CC=C(O)C(/C=C/C(=O)CC(=O)/C=C/c2cc(OC)ccc2O)C1. The van der Waals surface area contributed by atoms with Crippen molar-refractivity contribution in [2.45, 2.75) is 12.8 Å². The van der Waals surface area contributed by atoms with Crippen LogP contribution in [0.4, 0.5) is 0 Å². The van der Waals surface area contributed by atoms with Crippen molar-refractivity contribution in [1.29, 1.82) is 0 Å². The number of rotatable bonds is 8. The van der Waals surface area contributed by atoms with E-state index in [1.165, 1.54) is 37.5 Å². The molecule has 1 unspecified atom stereocenters. The molecule has 0 heterocycles. The molecule has 27 heavy (non-hydrogen) atoms. The summed E-state index contributed by atoms with van der Waals surface area (Å²) in [6.07, 6.45) is 8.87. The van der Waals surface area contributed by atoms with Gasteiger partial charge in [-0.05, 0) is 48.6 Å². The number of phenolic OH excluding ortho intramolecular Hbond substituents is 1. The normalized spacial score (nSPS) is 16.9. The average molecular weight is 370 g/mol. The van der Waals surface area contributed by atoms with Gasteiger partial charge in [0.1, 0.15) is 11.5 Å². The summed E-state index contributed by atoms with van der Waals surface area (Å²) in [6.45, 7) is 0. The van der Waals surface area contributed by atoms with Gasteiger partial charge in [-0.2, -0.15) is 0 Å². The van der Waals surface area contributed by atoms with Crippen molar-refractivity contribution in [2.24, 2.45) is 5.92 Å². The van der Waals surface area contributed by atoms with E-state index < -0.39 is 5.78 Å². The molecular weight excluding hydrogens is 348 g/mol. The van der Waals surface area contributed by atoms with Crippen LogP contribution in [0.1, 0.15) is 18.4 Å². The van der Waals surface area contributed by atoms with Gasteiger partial charge in [-0.1, -0.05) is 6.08 Å². The number of aromatic hydroxyl groups is 1. The standard InChI is InChI=1S/C21H22O6/c1-26-18-7-9-20(24)14(11-18)3-5-16(22)13-17(23)6-4-15-12-19(27-2)8-10-21(15)25/h3-11,15,24-25H,12-13H2,1-2H3/b5-3+,6-4+. The Morgan fingerprint density at radius 2 is 1.85 bits per heavy atom. The second kappa shape index (κ2) is 9.43. The van der Waals surface area contributed by atoms with E-state index in [0.29, 0.717) is 23.5 Å². The highest BCUT2D eigenvalue weighted by Crippen LogP contribution is 2.25. The van der Waals surface area contributed by atoms with E-state index in [9.17, 15) is 19.8 Å². The summed E-state index contributed by atoms with van der Waals surface area (Å²) in [5, 5.41) is 19.6. The van der Waals surface area contributed by atoms with Crippen molar-refractivity contribution in [3.63, 3.8) is 0 Å². The maximum Gasteiger partial charge on any atom is 0.163 e. The van der Waals surface area contributed by atoms with E-state index >= 15 is 0 Å². The number of phenols is 1. The van der Waals surface area contributed by atoms with Crippen LogP contribution in [-0.4, -0.2) is 36.0 Å². The predicted octanol–water partition coefficient (Wildman–Crippen LogP) is 3.49. The Labute approximate surface area is 157 Å². The fraction of sp³-hybridized carbons (Fsp3) is 0.238. The van der Waals surface area contributed by atoms with Gasteiger partial charge in [0.25, 0.3) is 0 Å². The van der Waals surface area contributed by atoms with Crippen LogP contribution in [0.15, 0.2) is 60.1 Å². The molecule has 1 aromatic carbocycles. The molecule has 0 aliphatic heterocycles. The Bertz CT molecular complexity index is 829. The quantitative estimate of drug-likeness (QED) is 0.537. The molecule has 0 spiro atoms. The number of benzene rings is 1. The van der Waals surface area contributed by atoms with Crippen LogP contribution in [0.2, 0.25) is 0 Å². The molecule has 2 rings (SSSR count). The van der Waals surface area contributed by atoms with Crippen LogP contribution in [0, 0.1) is 5.92 Å². The predicted molar refractivity (Wildman–Crippen MR) is 101 cm³/mol. The van der Waals surface area contributed by atoms with Crippen LogP contribution in [0.25, 0.3) is 6.08 Å². The third-order valence-corrected chi connectivity index (χ3v) is 4.05. The summed E-state index contributed by atoms with van der Waals surface area (Å²) in [5.41, 5.74) is 0.418. The Balaban J connectivity index is 1.93. The summed E-state index contributed by atoms with van der Waals surface area (Å²) in [4.78, 5) is 23.9. The van der Waals surface area contributed by atoms with Crippen molar-refractivity contribution < 1.29 is 29.3 Å². The van der Waals surface area contributed by atoms with Gasteiger partial charge in [0.05, 0.1) is 32.2 Å². The van der Waals surface area contributed by atoms with E-state index in [2.05, 4.69) is 0 Å². The molecule has 2 N–H and O–H groups in total. The molecule has 0 saturated carbocycles. The number of hydrogen-bond donors (Lipinski definition) is 2. The number of ether oxygens (including phenoxy) is 2. The number of carbonyl (C=O) groups excluding carboxylic acids is 2. The maximum atomic E-state index is 12.0. The van der Waals surface area contributed by atoms with Crippen molar-refractivity contribution in [2.75, 3.05) is 14.2 Å². The van der Waals surface area contributed by atoms with Gasteiger partial charge < -0.3 is 19.7 Å². The van der Waals surface area contributed by atoms with E-state index in [-0.39, 0.29) is 29.6 Å². The molecule has 142 valence electrons. The van der Waals surface area contributed by atoms with Crippen LogP contribution in [0.5, 0.6) is 11.5 Å². The van der Waals surface area contributed by atoms with E-state index in [4.69, 9.17) is 9.47 Å². The van der Waals surface area contributed by atoms with E-state index in [1.807, 2.05) is 0 Å². The molecule has 0 aromatic heterocycles. The van der Waals surface area contributed by atoms with Gasteiger partial charge >= 0.3 is 0 Å². The lowest BCUT2D eigenvalue weighted by atomic mass is 9.96. The first kappa shape index (κ1) is 20.0. The van der Waals surface area contributed by atoms with Crippen molar-refractivity contribution in [3.05, 3.63) is 65.7 Å². The third-order valence-electron chi connectivity index (χ3n) is 4.05. The zero-order valence-corrected chi connectivity index (χ0v) is 15.2. The van der Waals surface area contributed by atoms with Gasteiger partial charge in [-0.25, -0.2) is 0 Å². The fourth-order valence-electron chi connectivity index (χ4n) is 2.50. The highest BCUT2D eigenvalue weighted by Gasteiger charge is 2.17. The first-order chi connectivity index (χ1) is 12.9. The zero-order valence-electron chi connectivity index (χ0n) is 15.2. The molecule has 1 aromatic rings. The Morgan fingerprint density at radius 3 is 2.56 bits per heavy atom. The third kappa shape index (κ3) is 5.88. The topological polar surface area (TPSA) is 93.1 Å². The lowest BCUT2D eigenvalue weighted by Crippen LogP contribution is -2.09. The van der Waals surface area contributed by atoms with Gasteiger partial charge in [0.15, 0.2) is 11.6 Å². The van der Waals surface area contributed by atoms with Gasteiger partial charge in [0.2, 0.25) is 0 Å². The Hall–Kier alpha value is -3.28. The molecule has 0 fully saturated rings. The van der Waals surface area contributed by atoms with Crippen molar-refractivity contribution >= 4 is 17.6 Å². The van der Waals surface area contributed by atoms with Crippen LogP contribution in [-0.2, 0) is 14.3 Å². The number of hydrogen-bond acceptors (Lipinski definition) is 6. The fourth-order valence-corrected chi connectivity index (χ4v) is 2.50. The molecular formula is C21H22O6. The van der Waals surface area contributed by atoms with Crippen LogP contribution in [0.3, 0.4) is 0 Å². The summed E-state index contributed by atoms with van der Waals surface area (Å²) in [7, 11) is 3.04. The molecule has 0 amide bonds. The maximum absolute atomic E-state index is 12.0. The monoisotopic (exact) mass is 370 g/mol. The average Bonchev–Trinajstić information content (AvgIpc) is 2.66. The zero-order chi connectivity index (χ0) is 19.8. The summed E-state index contributed by atoms with van der Waals surface area (Å²) in [6, 6.07) is 4.64. The largest absolute Gasteiger partial charge is 0.512 e. The number of allylic oxidation sites excluding steroid dienone is 6. The first-order valence-corrected chi connectivity index (χ1v) is 8.35. The second-order valence-corrected chi connectivity index (χ2v) is 5.97. The molecule has 6 heteroatoms. The number of aliphatic hydroxyl groups excluding tert-OH is 1. The highest BCUT2D eigenvalue weighted by atomic mass is 16.5. The number of aliphatic hydroxyl groups is 1. The van der Waals surface area contributed by atoms with Gasteiger partial charge in [0, 0.05) is 17.9 Å². The molecule has 1 aliphatic rings. The molecule has 0 saturated heterocycles. The van der Waals surface area contributed by atoms with Crippen LogP contribution < -0.4 is 4.74 Å². The minimum Gasteiger partial charge on any atom is -0.512 e. The Morgan fingerprint density at radius 1 is 1.11 bits per heavy atom. The summed E-state index contributed by atoms with van der Waals surface area (Å²) in [5.74, 6) is 0.268. The smallest absolute Gasteiger partial charge is 0.163 e. The summed E-state index contributed by atoms with van der Waals surface area (Å²) < 4.78 is 10.2. The van der Waals surface area contributed by atoms with Crippen LogP contribution >= 0.6 is 0 Å². The van der Waals surface area contributed by atoms with Crippen molar-refractivity contribution in [1.82, 2.24) is 0 Å². The summed E-state index contributed by atoms with van der Waals surface area (Å²) >= 11 is 0. The minimum atomic E-state index is -0.396. The number of carbonyl (C=O) groups is 2. The lowest BCUT2D eigenvalue weighted by Gasteiger charge is -2.17. The molecule has 1 atom stereocenters. The van der Waals surface area contributed by atoms with E-state index in [1.54, 1.807) is 31.4 Å². The van der Waals surface area contributed by atoms with Crippen molar-refractivity contribution in [3.8, 4) is 11.5 Å².